The average Bonchev–Trinajstić information content (AvgIpc) is 2.76. The summed E-state index contributed by atoms with van der Waals surface area (Å²) in [6.45, 7) is 1.63. The molecule has 1 atom stereocenters. The number of rotatable bonds is 7. The number of ether oxygens (including phenoxy) is 2. The molecule has 154 valence electrons. The van der Waals surface area contributed by atoms with Gasteiger partial charge in [-0.05, 0) is 79.7 Å². The topological polar surface area (TPSA) is 76.7 Å². The summed E-state index contributed by atoms with van der Waals surface area (Å²) in [6.07, 6.45) is -0.744. The third kappa shape index (κ3) is 5.57. The van der Waals surface area contributed by atoms with Crippen LogP contribution in [-0.2, 0) is 4.79 Å². The quantitative estimate of drug-likeness (QED) is 0.604. The SMILES string of the molecule is COc1ccc(NC(=O)[C@H](C)Oc2ccc(C(=O)Nc3ccc(F)cc3)cc2)cc1. The molecule has 0 heterocycles. The Kier molecular flexibility index (Phi) is 6.64. The summed E-state index contributed by atoms with van der Waals surface area (Å²) >= 11 is 0. The number of carbonyl (C=O) groups excluding carboxylic acids is 2. The lowest BCUT2D eigenvalue weighted by Gasteiger charge is -2.15. The highest BCUT2D eigenvalue weighted by molar-refractivity contribution is 6.04. The molecule has 0 spiro atoms. The van der Waals surface area contributed by atoms with E-state index in [9.17, 15) is 14.0 Å². The van der Waals surface area contributed by atoms with E-state index in [4.69, 9.17) is 9.47 Å². The Morgan fingerprint density at radius 3 is 1.93 bits per heavy atom. The van der Waals surface area contributed by atoms with Gasteiger partial charge >= 0.3 is 0 Å². The standard InChI is InChI=1S/C23H21FN2O4/c1-15(22(27)25-19-9-13-20(29-2)14-10-19)30-21-11-3-16(4-12-21)23(28)26-18-7-5-17(24)6-8-18/h3-15H,1-2H3,(H,25,27)(H,26,28)/t15-/m0/s1. The molecular weight excluding hydrogens is 387 g/mol. The lowest BCUT2D eigenvalue weighted by Crippen LogP contribution is -2.30. The number of hydrogen-bond donors (Lipinski definition) is 2. The normalized spacial score (nSPS) is 11.3. The van der Waals surface area contributed by atoms with Crippen LogP contribution in [0.4, 0.5) is 15.8 Å². The van der Waals surface area contributed by atoms with E-state index >= 15 is 0 Å². The predicted molar refractivity (Wildman–Crippen MR) is 113 cm³/mol. The molecule has 7 heteroatoms. The summed E-state index contributed by atoms with van der Waals surface area (Å²) in [4.78, 5) is 24.6. The van der Waals surface area contributed by atoms with E-state index in [0.29, 0.717) is 28.4 Å². The molecule has 0 saturated heterocycles. The maximum absolute atomic E-state index is 12.9. The van der Waals surface area contributed by atoms with Crippen LogP contribution >= 0.6 is 0 Å². The van der Waals surface area contributed by atoms with E-state index < -0.39 is 6.10 Å². The molecule has 0 aliphatic heterocycles. The molecule has 3 aromatic carbocycles. The van der Waals surface area contributed by atoms with Crippen LogP contribution in [0.15, 0.2) is 72.8 Å². The van der Waals surface area contributed by atoms with Gasteiger partial charge in [0.25, 0.3) is 11.8 Å². The minimum absolute atomic E-state index is 0.307. The van der Waals surface area contributed by atoms with E-state index in [1.54, 1.807) is 62.6 Å². The number of benzene rings is 3. The molecular formula is C23H21FN2O4. The molecule has 3 rings (SSSR count). The molecule has 0 radical (unpaired) electrons. The van der Waals surface area contributed by atoms with Crippen LogP contribution in [0.5, 0.6) is 11.5 Å². The van der Waals surface area contributed by atoms with Crippen LogP contribution < -0.4 is 20.1 Å². The first-order chi connectivity index (χ1) is 14.4. The fraction of sp³-hybridized carbons (Fsp3) is 0.130. The lowest BCUT2D eigenvalue weighted by atomic mass is 10.2. The highest BCUT2D eigenvalue weighted by atomic mass is 19.1. The summed E-state index contributed by atoms with van der Waals surface area (Å²) in [5.41, 5.74) is 1.52. The Labute approximate surface area is 173 Å². The Bertz CT molecular complexity index is 1000. The minimum Gasteiger partial charge on any atom is -0.497 e. The van der Waals surface area contributed by atoms with Crippen LogP contribution in [0.3, 0.4) is 0 Å². The van der Waals surface area contributed by atoms with Crippen molar-refractivity contribution in [3.63, 3.8) is 0 Å². The smallest absolute Gasteiger partial charge is 0.265 e. The number of hydrogen-bond acceptors (Lipinski definition) is 4. The van der Waals surface area contributed by atoms with Crippen molar-refractivity contribution in [3.05, 3.63) is 84.2 Å². The highest BCUT2D eigenvalue weighted by Crippen LogP contribution is 2.18. The van der Waals surface area contributed by atoms with Crippen LogP contribution in [0.1, 0.15) is 17.3 Å². The highest BCUT2D eigenvalue weighted by Gasteiger charge is 2.15. The van der Waals surface area contributed by atoms with Gasteiger partial charge in [0.2, 0.25) is 0 Å². The van der Waals surface area contributed by atoms with E-state index in [2.05, 4.69) is 10.6 Å². The Balaban J connectivity index is 1.55. The molecule has 3 aromatic rings. The molecule has 0 unspecified atom stereocenters. The second-order valence-corrected chi connectivity index (χ2v) is 6.46. The van der Waals surface area contributed by atoms with Crippen molar-refractivity contribution in [1.82, 2.24) is 0 Å². The molecule has 6 nitrogen and oxygen atoms in total. The third-order valence-electron chi connectivity index (χ3n) is 4.26. The number of methoxy groups -OCH3 is 1. The maximum atomic E-state index is 12.9. The molecule has 2 N–H and O–H groups in total. The number of anilines is 2. The van der Waals surface area contributed by atoms with Gasteiger partial charge in [0.1, 0.15) is 17.3 Å². The van der Waals surface area contributed by atoms with Crippen LogP contribution in [0, 0.1) is 5.82 Å². The van der Waals surface area contributed by atoms with Gasteiger partial charge in [-0.15, -0.1) is 0 Å². The molecule has 0 bridgehead atoms. The average molecular weight is 408 g/mol. The number of nitrogens with one attached hydrogen (secondary N) is 2. The van der Waals surface area contributed by atoms with E-state index in [1.165, 1.54) is 24.3 Å². The van der Waals surface area contributed by atoms with Gasteiger partial charge < -0.3 is 20.1 Å². The van der Waals surface area contributed by atoms with Crippen molar-refractivity contribution in [3.8, 4) is 11.5 Å². The molecule has 0 aliphatic carbocycles. The van der Waals surface area contributed by atoms with Crippen molar-refractivity contribution >= 4 is 23.2 Å². The summed E-state index contributed by atoms with van der Waals surface area (Å²) in [5.74, 6) is 0.128. The zero-order valence-electron chi connectivity index (χ0n) is 16.5. The molecule has 0 fully saturated rings. The molecule has 30 heavy (non-hydrogen) atoms. The predicted octanol–water partition coefficient (Wildman–Crippen LogP) is 4.49. The van der Waals surface area contributed by atoms with Gasteiger partial charge in [-0.3, -0.25) is 9.59 Å². The number of carbonyl (C=O) groups is 2. The van der Waals surface area contributed by atoms with Crippen molar-refractivity contribution in [2.45, 2.75) is 13.0 Å². The van der Waals surface area contributed by atoms with E-state index in [0.717, 1.165) is 0 Å². The molecule has 0 aromatic heterocycles. The first-order valence-corrected chi connectivity index (χ1v) is 9.23. The van der Waals surface area contributed by atoms with Crippen molar-refractivity contribution in [2.24, 2.45) is 0 Å². The lowest BCUT2D eigenvalue weighted by molar-refractivity contribution is -0.122. The summed E-state index contributed by atoms with van der Waals surface area (Å²) in [7, 11) is 1.57. The van der Waals surface area contributed by atoms with Crippen molar-refractivity contribution in [2.75, 3.05) is 17.7 Å². The Hall–Kier alpha value is -3.87. The van der Waals surface area contributed by atoms with Crippen LogP contribution in [0.25, 0.3) is 0 Å². The van der Waals surface area contributed by atoms with Crippen molar-refractivity contribution in [1.29, 1.82) is 0 Å². The fourth-order valence-electron chi connectivity index (χ4n) is 2.60. The maximum Gasteiger partial charge on any atom is 0.265 e. The monoisotopic (exact) mass is 408 g/mol. The second kappa shape index (κ2) is 9.56. The number of amides is 2. The van der Waals surface area contributed by atoms with E-state index in [-0.39, 0.29) is 17.6 Å². The summed E-state index contributed by atoms with van der Waals surface area (Å²) in [6, 6.07) is 18.8. The summed E-state index contributed by atoms with van der Waals surface area (Å²) in [5, 5.41) is 5.44. The van der Waals surface area contributed by atoms with Crippen LogP contribution in [0.2, 0.25) is 0 Å². The fourth-order valence-corrected chi connectivity index (χ4v) is 2.60. The van der Waals surface area contributed by atoms with Gasteiger partial charge in [-0.2, -0.15) is 0 Å². The third-order valence-corrected chi connectivity index (χ3v) is 4.26. The Morgan fingerprint density at radius 1 is 0.800 bits per heavy atom. The molecule has 0 aliphatic rings. The zero-order valence-corrected chi connectivity index (χ0v) is 16.5. The first-order valence-electron chi connectivity index (χ1n) is 9.23. The molecule has 0 saturated carbocycles. The van der Waals surface area contributed by atoms with Crippen LogP contribution in [-0.4, -0.2) is 25.0 Å². The largest absolute Gasteiger partial charge is 0.497 e. The van der Waals surface area contributed by atoms with Gasteiger partial charge in [0, 0.05) is 16.9 Å². The van der Waals surface area contributed by atoms with Crippen molar-refractivity contribution < 1.29 is 23.5 Å². The second-order valence-electron chi connectivity index (χ2n) is 6.46. The van der Waals surface area contributed by atoms with E-state index in [1.807, 2.05) is 0 Å². The zero-order chi connectivity index (χ0) is 21.5. The van der Waals surface area contributed by atoms with Gasteiger partial charge in [0.05, 0.1) is 7.11 Å². The Morgan fingerprint density at radius 2 is 1.33 bits per heavy atom. The van der Waals surface area contributed by atoms with Gasteiger partial charge in [-0.25, -0.2) is 4.39 Å². The number of halogens is 1. The first kappa shape index (κ1) is 20.9. The van der Waals surface area contributed by atoms with Gasteiger partial charge in [0.15, 0.2) is 6.10 Å². The van der Waals surface area contributed by atoms with Gasteiger partial charge in [-0.1, -0.05) is 0 Å². The molecule has 2 amide bonds. The summed E-state index contributed by atoms with van der Waals surface area (Å²) < 4.78 is 23.7. The minimum atomic E-state index is -0.744.